The Morgan fingerprint density at radius 3 is 2.55 bits per heavy atom. The number of benzene rings is 2. The normalized spacial score (nSPS) is 10.9. The van der Waals surface area contributed by atoms with E-state index in [1.165, 1.54) is 10.6 Å². The van der Waals surface area contributed by atoms with Gasteiger partial charge in [-0.2, -0.15) is 9.78 Å². The molecule has 0 bridgehead atoms. The van der Waals surface area contributed by atoms with E-state index in [2.05, 4.69) is 23.1 Å². The summed E-state index contributed by atoms with van der Waals surface area (Å²) in [6.45, 7) is 2.06. The molecule has 4 rings (SSSR count). The van der Waals surface area contributed by atoms with Gasteiger partial charge in [0.1, 0.15) is 0 Å². The van der Waals surface area contributed by atoms with E-state index in [1.54, 1.807) is 6.07 Å². The summed E-state index contributed by atoms with van der Waals surface area (Å²) in [4.78, 5) is 4.57. The third-order valence-electron chi connectivity index (χ3n) is 4.93. The molecular formula is C23H20N4O2. The van der Waals surface area contributed by atoms with Crippen molar-refractivity contribution in [2.24, 2.45) is 0 Å². The average Bonchev–Trinajstić information content (AvgIpc) is 3.12. The van der Waals surface area contributed by atoms with Crippen LogP contribution in [-0.4, -0.2) is 24.8 Å². The van der Waals surface area contributed by atoms with Crippen LogP contribution in [0.4, 0.5) is 0 Å². The second-order valence-electron chi connectivity index (χ2n) is 6.91. The van der Waals surface area contributed by atoms with Gasteiger partial charge in [-0.15, -0.1) is 5.10 Å². The zero-order chi connectivity index (χ0) is 20.4. The highest BCUT2D eigenvalue weighted by Gasteiger charge is 2.17. The zero-order valence-electron chi connectivity index (χ0n) is 16.0. The number of rotatable bonds is 5. The predicted molar refractivity (Wildman–Crippen MR) is 110 cm³/mol. The maximum absolute atomic E-state index is 10.7. The van der Waals surface area contributed by atoms with Crippen molar-refractivity contribution in [1.82, 2.24) is 14.6 Å². The van der Waals surface area contributed by atoms with Crippen LogP contribution < -0.4 is 0 Å². The lowest BCUT2D eigenvalue weighted by atomic mass is 9.97. The zero-order valence-corrected chi connectivity index (χ0v) is 16.0. The Hall–Kier alpha value is -3.85. The standard InChI is InChI=1S/C23H20N4O2/c1-2-5-20-19(23(29)27-21(25-20)13-22(28)26-27)12-15-8-10-16(11-9-15)18-7-4-3-6-17(18)14-24/h3-4,6-11,13,29H,2,5,12H2,1H3,(H,26,28). The van der Waals surface area contributed by atoms with E-state index in [9.17, 15) is 15.5 Å². The summed E-state index contributed by atoms with van der Waals surface area (Å²) >= 11 is 0. The molecular weight excluding hydrogens is 364 g/mol. The lowest BCUT2D eigenvalue weighted by Crippen LogP contribution is -2.05. The van der Waals surface area contributed by atoms with Gasteiger partial charge in [-0.25, -0.2) is 4.98 Å². The van der Waals surface area contributed by atoms with Crippen LogP contribution in [0.15, 0.2) is 54.6 Å². The van der Waals surface area contributed by atoms with Crippen LogP contribution in [0.25, 0.3) is 16.8 Å². The minimum atomic E-state index is -0.173. The van der Waals surface area contributed by atoms with Gasteiger partial charge in [0.2, 0.25) is 11.8 Å². The van der Waals surface area contributed by atoms with E-state index < -0.39 is 0 Å². The van der Waals surface area contributed by atoms with Gasteiger partial charge in [-0.1, -0.05) is 55.8 Å². The molecule has 6 heteroatoms. The number of fused-ring (bicyclic) bond motifs is 1. The van der Waals surface area contributed by atoms with E-state index in [0.29, 0.717) is 23.2 Å². The van der Waals surface area contributed by atoms with Crippen molar-refractivity contribution >= 4 is 5.65 Å². The maximum Gasteiger partial charge on any atom is 0.233 e. The summed E-state index contributed by atoms with van der Waals surface area (Å²) in [5.41, 5.74) is 5.44. The summed E-state index contributed by atoms with van der Waals surface area (Å²) < 4.78 is 1.27. The van der Waals surface area contributed by atoms with E-state index >= 15 is 0 Å². The third-order valence-corrected chi connectivity index (χ3v) is 4.93. The molecule has 2 aromatic carbocycles. The SMILES string of the molecule is CCCc1nc2cc(O)nn2c(O)c1Cc1ccc(-c2ccccc2C#N)cc1. The first-order valence-corrected chi connectivity index (χ1v) is 9.48. The number of hydrogen-bond donors (Lipinski definition) is 2. The lowest BCUT2D eigenvalue weighted by Gasteiger charge is -2.12. The Kier molecular flexibility index (Phi) is 4.88. The molecule has 0 fully saturated rings. The van der Waals surface area contributed by atoms with Gasteiger partial charge in [0.05, 0.1) is 17.3 Å². The number of nitriles is 1. The number of hydrogen-bond acceptors (Lipinski definition) is 5. The molecule has 0 unspecified atom stereocenters. The van der Waals surface area contributed by atoms with Crippen molar-refractivity contribution in [2.45, 2.75) is 26.2 Å². The summed E-state index contributed by atoms with van der Waals surface area (Å²) in [6, 6.07) is 19.1. The maximum atomic E-state index is 10.7. The highest BCUT2D eigenvalue weighted by molar-refractivity contribution is 5.70. The molecule has 0 saturated heterocycles. The fourth-order valence-corrected chi connectivity index (χ4v) is 3.52. The van der Waals surface area contributed by atoms with Crippen LogP contribution in [0.1, 0.15) is 35.7 Å². The van der Waals surface area contributed by atoms with E-state index in [0.717, 1.165) is 35.2 Å². The quantitative estimate of drug-likeness (QED) is 0.537. The molecule has 6 nitrogen and oxygen atoms in total. The summed E-state index contributed by atoms with van der Waals surface area (Å²) in [7, 11) is 0. The Morgan fingerprint density at radius 2 is 1.83 bits per heavy atom. The molecule has 0 saturated carbocycles. The number of aromatic nitrogens is 3. The van der Waals surface area contributed by atoms with Crippen LogP contribution in [0.5, 0.6) is 11.8 Å². The molecule has 0 aliphatic rings. The van der Waals surface area contributed by atoms with Crippen LogP contribution in [-0.2, 0) is 12.8 Å². The largest absolute Gasteiger partial charge is 0.493 e. The van der Waals surface area contributed by atoms with Gasteiger partial charge in [-0.05, 0) is 29.2 Å². The van der Waals surface area contributed by atoms with Crippen LogP contribution in [0.2, 0.25) is 0 Å². The van der Waals surface area contributed by atoms with Crippen molar-refractivity contribution < 1.29 is 10.2 Å². The summed E-state index contributed by atoms with van der Waals surface area (Å²) in [5, 5.41) is 33.6. The van der Waals surface area contributed by atoms with Gasteiger partial charge < -0.3 is 10.2 Å². The molecule has 144 valence electrons. The molecule has 0 amide bonds. The van der Waals surface area contributed by atoms with Crippen LogP contribution >= 0.6 is 0 Å². The highest BCUT2D eigenvalue weighted by atomic mass is 16.3. The molecule has 29 heavy (non-hydrogen) atoms. The van der Waals surface area contributed by atoms with Gasteiger partial charge in [-0.3, -0.25) is 0 Å². The van der Waals surface area contributed by atoms with Crippen LogP contribution in [0.3, 0.4) is 0 Å². The molecule has 0 spiro atoms. The van der Waals surface area contributed by atoms with Crippen molar-refractivity contribution in [3.8, 4) is 29.0 Å². The van der Waals surface area contributed by atoms with E-state index in [1.807, 2.05) is 42.5 Å². The van der Waals surface area contributed by atoms with Gasteiger partial charge in [0.15, 0.2) is 5.65 Å². The molecule has 0 aliphatic carbocycles. The van der Waals surface area contributed by atoms with Crippen molar-refractivity contribution in [3.63, 3.8) is 0 Å². The first-order chi connectivity index (χ1) is 14.1. The van der Waals surface area contributed by atoms with E-state index in [4.69, 9.17) is 0 Å². The molecule has 2 N–H and O–H groups in total. The van der Waals surface area contributed by atoms with Crippen molar-refractivity contribution in [1.29, 1.82) is 5.26 Å². The molecule has 4 aromatic rings. The fourth-order valence-electron chi connectivity index (χ4n) is 3.52. The van der Waals surface area contributed by atoms with Crippen molar-refractivity contribution in [2.75, 3.05) is 0 Å². The first kappa shape index (κ1) is 18.5. The topological polar surface area (TPSA) is 94.4 Å². The Balaban J connectivity index is 1.71. The molecule has 0 atom stereocenters. The fraction of sp³-hybridized carbons (Fsp3) is 0.174. The molecule has 2 aromatic heterocycles. The third kappa shape index (κ3) is 3.50. The molecule has 0 aliphatic heterocycles. The minimum Gasteiger partial charge on any atom is -0.493 e. The lowest BCUT2D eigenvalue weighted by molar-refractivity contribution is 0.412. The Bertz CT molecular complexity index is 1220. The highest BCUT2D eigenvalue weighted by Crippen LogP contribution is 2.28. The second kappa shape index (κ2) is 7.64. The predicted octanol–water partition coefficient (Wildman–Crippen LogP) is 4.22. The first-order valence-electron chi connectivity index (χ1n) is 9.48. The smallest absolute Gasteiger partial charge is 0.233 e. The van der Waals surface area contributed by atoms with Crippen molar-refractivity contribution in [3.05, 3.63) is 77.0 Å². The number of aromatic hydroxyl groups is 2. The van der Waals surface area contributed by atoms with Crippen LogP contribution in [0, 0.1) is 11.3 Å². The monoisotopic (exact) mass is 384 g/mol. The number of aryl methyl sites for hydroxylation is 1. The number of nitrogens with zero attached hydrogens (tertiary/aromatic N) is 4. The Morgan fingerprint density at radius 1 is 1.07 bits per heavy atom. The summed E-state index contributed by atoms with van der Waals surface area (Å²) in [5.74, 6) is -0.175. The average molecular weight is 384 g/mol. The van der Waals surface area contributed by atoms with Gasteiger partial charge >= 0.3 is 0 Å². The molecule has 2 heterocycles. The Labute approximate surface area is 168 Å². The van der Waals surface area contributed by atoms with E-state index in [-0.39, 0.29) is 11.8 Å². The van der Waals surface area contributed by atoms with Gasteiger partial charge in [0.25, 0.3) is 0 Å². The minimum absolute atomic E-state index is 0.00217. The van der Waals surface area contributed by atoms with Gasteiger partial charge in [0, 0.05) is 18.1 Å². The second-order valence-corrected chi connectivity index (χ2v) is 6.91. The molecule has 0 radical (unpaired) electrons. The summed E-state index contributed by atoms with van der Waals surface area (Å²) in [6.07, 6.45) is 2.10.